The maximum absolute atomic E-state index is 11.6. The summed E-state index contributed by atoms with van der Waals surface area (Å²) < 4.78 is 5.99. The van der Waals surface area contributed by atoms with E-state index in [1.807, 2.05) is 6.07 Å². The molecule has 1 N–H and O–H groups in total. The van der Waals surface area contributed by atoms with Gasteiger partial charge in [-0.1, -0.05) is 12.1 Å². The van der Waals surface area contributed by atoms with Gasteiger partial charge in [-0.2, -0.15) is 4.73 Å². The zero-order valence-electron chi connectivity index (χ0n) is 10.8. The third-order valence-electron chi connectivity index (χ3n) is 2.63. The zero-order valence-corrected chi connectivity index (χ0v) is 10.8. The minimum atomic E-state index is -1.12. The predicted molar refractivity (Wildman–Crippen MR) is 70.9 cm³/mol. The first-order valence-corrected chi connectivity index (χ1v) is 5.82. The molecule has 20 heavy (non-hydrogen) atoms. The highest BCUT2D eigenvalue weighted by molar-refractivity contribution is 5.87. The maximum Gasteiger partial charge on any atom is 0.337 e. The monoisotopic (exact) mass is 275 g/mol. The first-order chi connectivity index (χ1) is 9.60. The number of pyridine rings is 1. The third kappa shape index (κ3) is 3.17. The van der Waals surface area contributed by atoms with Gasteiger partial charge in [-0.25, -0.2) is 4.79 Å². The third-order valence-corrected chi connectivity index (χ3v) is 2.63. The Hall–Kier alpha value is -2.76. The second-order valence-corrected chi connectivity index (χ2v) is 4.01. The van der Waals surface area contributed by atoms with Gasteiger partial charge in [-0.15, -0.1) is 0 Å². The number of carboxylic acids is 1. The number of hydrogen-bond donors (Lipinski definition) is 1. The van der Waals surface area contributed by atoms with Gasteiger partial charge >= 0.3 is 5.97 Å². The fourth-order valence-corrected chi connectivity index (χ4v) is 1.60. The number of aromatic nitrogens is 1. The number of benzene rings is 1. The molecule has 0 spiro atoms. The predicted octanol–water partition coefficient (Wildman–Crippen LogP) is 1.18. The molecule has 0 aliphatic carbocycles. The SMILES string of the molecule is COc1cccc(COn2cc(C(=O)O)ccc2=O)c1. The van der Waals surface area contributed by atoms with Crippen LogP contribution in [0.15, 0.2) is 47.4 Å². The number of methoxy groups -OCH3 is 1. The van der Waals surface area contributed by atoms with Gasteiger partial charge < -0.3 is 14.7 Å². The molecule has 0 radical (unpaired) electrons. The molecule has 0 bridgehead atoms. The van der Waals surface area contributed by atoms with Gasteiger partial charge in [-0.05, 0) is 23.8 Å². The highest BCUT2D eigenvalue weighted by Crippen LogP contribution is 2.12. The highest BCUT2D eigenvalue weighted by atomic mass is 16.7. The molecule has 0 saturated heterocycles. The van der Waals surface area contributed by atoms with Crippen LogP contribution in [0.25, 0.3) is 0 Å². The number of rotatable bonds is 5. The average molecular weight is 275 g/mol. The standard InChI is InChI=1S/C14H13NO5/c1-19-12-4-2-3-10(7-12)9-20-15-8-11(14(17)18)5-6-13(15)16/h2-8H,9H2,1H3,(H,17,18). The van der Waals surface area contributed by atoms with Crippen LogP contribution >= 0.6 is 0 Å². The quantitative estimate of drug-likeness (QED) is 0.886. The van der Waals surface area contributed by atoms with Crippen molar-refractivity contribution in [2.24, 2.45) is 0 Å². The van der Waals surface area contributed by atoms with E-state index in [1.54, 1.807) is 25.3 Å². The van der Waals surface area contributed by atoms with Gasteiger partial charge in [0.05, 0.1) is 18.9 Å². The summed E-state index contributed by atoms with van der Waals surface area (Å²) in [5.41, 5.74) is 0.352. The molecule has 0 atom stereocenters. The van der Waals surface area contributed by atoms with E-state index in [9.17, 15) is 9.59 Å². The molecule has 0 fully saturated rings. The van der Waals surface area contributed by atoms with Crippen LogP contribution in [-0.4, -0.2) is 22.9 Å². The van der Waals surface area contributed by atoms with Crippen LogP contribution in [0, 0.1) is 0 Å². The Morgan fingerprint density at radius 2 is 2.10 bits per heavy atom. The molecule has 0 unspecified atom stereocenters. The molecular formula is C14H13NO5. The van der Waals surface area contributed by atoms with E-state index in [-0.39, 0.29) is 12.2 Å². The molecule has 2 rings (SSSR count). The Kier molecular flexibility index (Phi) is 4.05. The zero-order chi connectivity index (χ0) is 14.5. The first-order valence-electron chi connectivity index (χ1n) is 5.82. The number of aromatic carboxylic acids is 1. The Balaban J connectivity index is 2.16. The lowest BCUT2D eigenvalue weighted by atomic mass is 10.2. The van der Waals surface area contributed by atoms with Crippen LogP contribution in [-0.2, 0) is 6.61 Å². The molecule has 1 aromatic heterocycles. The van der Waals surface area contributed by atoms with Crippen LogP contribution in [0.3, 0.4) is 0 Å². The highest BCUT2D eigenvalue weighted by Gasteiger charge is 2.06. The van der Waals surface area contributed by atoms with Crippen LogP contribution in [0.1, 0.15) is 15.9 Å². The van der Waals surface area contributed by atoms with Gasteiger partial charge in [0.15, 0.2) is 0 Å². The smallest absolute Gasteiger partial charge is 0.337 e. The molecule has 1 aromatic carbocycles. The summed E-state index contributed by atoms with van der Waals surface area (Å²) in [4.78, 5) is 27.7. The van der Waals surface area contributed by atoms with Crippen molar-refractivity contribution in [3.8, 4) is 5.75 Å². The van der Waals surface area contributed by atoms with Gasteiger partial charge in [0.2, 0.25) is 0 Å². The van der Waals surface area contributed by atoms with Gasteiger partial charge in [0, 0.05) is 6.07 Å². The lowest BCUT2D eigenvalue weighted by molar-refractivity contribution is 0.0674. The van der Waals surface area contributed by atoms with Crippen molar-refractivity contribution in [1.29, 1.82) is 0 Å². The summed E-state index contributed by atoms with van der Waals surface area (Å²) in [6.45, 7) is 0.125. The average Bonchev–Trinajstić information content (AvgIpc) is 2.46. The van der Waals surface area contributed by atoms with Crippen molar-refractivity contribution in [2.45, 2.75) is 6.61 Å². The molecule has 104 valence electrons. The minimum Gasteiger partial charge on any atom is -0.497 e. The van der Waals surface area contributed by atoms with Gasteiger partial charge in [0.1, 0.15) is 12.4 Å². The molecule has 0 saturated carbocycles. The van der Waals surface area contributed by atoms with E-state index in [2.05, 4.69) is 0 Å². The Labute approximate surface area is 114 Å². The minimum absolute atomic E-state index is 0.0183. The van der Waals surface area contributed by atoms with Gasteiger partial charge in [-0.3, -0.25) is 4.79 Å². The summed E-state index contributed by atoms with van der Waals surface area (Å²) in [5.74, 6) is -0.443. The van der Waals surface area contributed by atoms with Crippen molar-refractivity contribution < 1.29 is 19.5 Å². The molecule has 1 heterocycles. The number of ether oxygens (including phenoxy) is 1. The lowest BCUT2D eigenvalue weighted by Gasteiger charge is -2.09. The van der Waals surface area contributed by atoms with Crippen LogP contribution < -0.4 is 15.1 Å². The maximum atomic E-state index is 11.6. The number of carbonyl (C=O) groups is 1. The normalized spacial score (nSPS) is 10.1. The Bertz CT molecular complexity index is 677. The molecule has 0 aliphatic heterocycles. The largest absolute Gasteiger partial charge is 0.497 e. The summed E-state index contributed by atoms with van der Waals surface area (Å²) >= 11 is 0. The number of nitrogens with zero attached hydrogens (tertiary/aromatic N) is 1. The van der Waals surface area contributed by atoms with E-state index in [1.165, 1.54) is 6.07 Å². The summed E-state index contributed by atoms with van der Waals surface area (Å²) in [7, 11) is 1.56. The Morgan fingerprint density at radius 1 is 1.30 bits per heavy atom. The van der Waals surface area contributed by atoms with E-state index in [0.29, 0.717) is 5.75 Å². The number of carboxylic acid groups (broad SMARTS) is 1. The van der Waals surface area contributed by atoms with E-state index in [0.717, 1.165) is 22.6 Å². The fourth-order valence-electron chi connectivity index (χ4n) is 1.60. The van der Waals surface area contributed by atoms with Gasteiger partial charge in [0.25, 0.3) is 5.56 Å². The lowest BCUT2D eigenvalue weighted by Crippen LogP contribution is -2.26. The second-order valence-electron chi connectivity index (χ2n) is 4.01. The van der Waals surface area contributed by atoms with Crippen LogP contribution in [0.2, 0.25) is 0 Å². The Morgan fingerprint density at radius 3 is 2.80 bits per heavy atom. The van der Waals surface area contributed by atoms with Crippen molar-refractivity contribution in [3.05, 3.63) is 64.1 Å². The molecular weight excluding hydrogens is 262 g/mol. The summed E-state index contributed by atoms with van der Waals surface area (Å²) in [6.07, 6.45) is 1.14. The van der Waals surface area contributed by atoms with E-state index < -0.39 is 11.5 Å². The van der Waals surface area contributed by atoms with E-state index in [4.69, 9.17) is 14.7 Å². The van der Waals surface area contributed by atoms with Crippen molar-refractivity contribution in [3.63, 3.8) is 0 Å². The number of hydrogen-bond acceptors (Lipinski definition) is 4. The topological polar surface area (TPSA) is 77.8 Å². The van der Waals surface area contributed by atoms with Crippen LogP contribution in [0.4, 0.5) is 0 Å². The molecule has 0 aliphatic rings. The summed E-state index contributed by atoms with van der Waals surface area (Å²) in [6, 6.07) is 9.56. The molecule has 6 nitrogen and oxygen atoms in total. The first kappa shape index (κ1) is 13.7. The summed E-state index contributed by atoms with van der Waals surface area (Å²) in [5, 5.41) is 8.87. The molecule has 2 aromatic rings. The van der Waals surface area contributed by atoms with Crippen molar-refractivity contribution in [2.75, 3.05) is 7.11 Å². The fraction of sp³-hybridized carbons (Fsp3) is 0.143. The van der Waals surface area contributed by atoms with Crippen molar-refractivity contribution >= 4 is 5.97 Å². The second kappa shape index (κ2) is 5.92. The molecule has 6 heteroatoms. The van der Waals surface area contributed by atoms with Crippen molar-refractivity contribution in [1.82, 2.24) is 4.73 Å². The van der Waals surface area contributed by atoms with Crippen LogP contribution in [0.5, 0.6) is 5.75 Å². The molecule has 0 amide bonds. The van der Waals surface area contributed by atoms with E-state index >= 15 is 0 Å².